The Hall–Kier alpha value is -0.581. The molecule has 0 aromatic carbocycles. The van der Waals surface area contributed by atoms with E-state index in [1.54, 1.807) is 0 Å². The molecule has 6 heteroatoms. The van der Waals surface area contributed by atoms with E-state index in [0.717, 1.165) is 19.3 Å². The molecule has 2 rings (SSSR count). The molecule has 0 spiro atoms. The molecule has 0 amide bonds. The SMILES string of the molecule is C1CCCC1.CCC(C1CCCC1)C(CC(C)(CC)C(=O)OC)C(=O)OCCO.[Fe]. The molecule has 0 heterocycles. The second-order valence-corrected chi connectivity index (χ2v) is 8.99. The van der Waals surface area contributed by atoms with E-state index in [1.165, 1.54) is 52.1 Å². The van der Waals surface area contributed by atoms with Gasteiger partial charge in [0.25, 0.3) is 0 Å². The van der Waals surface area contributed by atoms with Crippen molar-refractivity contribution in [2.45, 2.75) is 97.8 Å². The van der Waals surface area contributed by atoms with Gasteiger partial charge in [0.2, 0.25) is 0 Å². The molecule has 0 saturated heterocycles. The van der Waals surface area contributed by atoms with E-state index in [-0.39, 0.29) is 54.1 Å². The molecule has 0 aromatic heterocycles. The third-order valence-electron chi connectivity index (χ3n) is 7.01. The van der Waals surface area contributed by atoms with Gasteiger partial charge in [-0.05, 0) is 31.6 Å². The van der Waals surface area contributed by atoms with Crippen LogP contribution in [0.3, 0.4) is 0 Å². The zero-order valence-electron chi connectivity index (χ0n) is 19.6. The third kappa shape index (κ3) is 9.28. The van der Waals surface area contributed by atoms with E-state index in [9.17, 15) is 9.59 Å². The van der Waals surface area contributed by atoms with Gasteiger partial charge < -0.3 is 14.6 Å². The Morgan fingerprint density at radius 3 is 1.97 bits per heavy atom. The molecule has 2 fully saturated rings. The minimum Gasteiger partial charge on any atom is -0.469 e. The van der Waals surface area contributed by atoms with Crippen LogP contribution in [0.15, 0.2) is 0 Å². The van der Waals surface area contributed by atoms with Crippen LogP contribution in [0.1, 0.15) is 97.8 Å². The third-order valence-corrected chi connectivity index (χ3v) is 7.01. The topological polar surface area (TPSA) is 72.8 Å². The van der Waals surface area contributed by atoms with Gasteiger partial charge in [-0.2, -0.15) is 0 Å². The van der Waals surface area contributed by atoms with E-state index in [4.69, 9.17) is 14.6 Å². The minimum absolute atomic E-state index is 0. The first-order valence-electron chi connectivity index (χ1n) is 11.8. The van der Waals surface area contributed by atoms with Gasteiger partial charge in [0, 0.05) is 17.1 Å². The summed E-state index contributed by atoms with van der Waals surface area (Å²) in [6.45, 7) is 5.76. The molecule has 2 saturated carbocycles. The molecule has 178 valence electrons. The number of rotatable bonds is 10. The Balaban J connectivity index is 0.00000122. The smallest absolute Gasteiger partial charge is 0.311 e. The summed E-state index contributed by atoms with van der Waals surface area (Å²) in [4.78, 5) is 24.9. The Bertz CT molecular complexity index is 467. The van der Waals surface area contributed by atoms with Gasteiger partial charge in [-0.15, -0.1) is 0 Å². The molecular formula is C24H44FeO5. The van der Waals surface area contributed by atoms with Crippen LogP contribution in [0.5, 0.6) is 0 Å². The van der Waals surface area contributed by atoms with Crippen molar-refractivity contribution in [1.82, 2.24) is 0 Å². The number of esters is 2. The maximum absolute atomic E-state index is 12.7. The van der Waals surface area contributed by atoms with Crippen molar-refractivity contribution in [3.63, 3.8) is 0 Å². The Kier molecular flexibility index (Phi) is 15.8. The summed E-state index contributed by atoms with van der Waals surface area (Å²) >= 11 is 0. The van der Waals surface area contributed by atoms with Crippen molar-refractivity contribution < 1.29 is 41.2 Å². The number of hydrogen-bond acceptors (Lipinski definition) is 5. The number of ether oxygens (including phenoxy) is 2. The zero-order valence-corrected chi connectivity index (χ0v) is 20.7. The van der Waals surface area contributed by atoms with Crippen molar-refractivity contribution in [3.8, 4) is 0 Å². The first kappa shape index (κ1) is 29.4. The Labute approximate surface area is 194 Å². The molecule has 2 aliphatic rings. The monoisotopic (exact) mass is 468 g/mol. The van der Waals surface area contributed by atoms with Crippen LogP contribution in [0.2, 0.25) is 0 Å². The summed E-state index contributed by atoms with van der Waals surface area (Å²) in [5.74, 6) is -0.152. The molecule has 3 atom stereocenters. The van der Waals surface area contributed by atoms with Gasteiger partial charge in [-0.1, -0.05) is 78.1 Å². The van der Waals surface area contributed by atoms with Crippen molar-refractivity contribution in [2.24, 2.45) is 23.2 Å². The second kappa shape index (κ2) is 16.1. The van der Waals surface area contributed by atoms with Gasteiger partial charge in [0.1, 0.15) is 6.61 Å². The molecule has 0 aliphatic heterocycles. The van der Waals surface area contributed by atoms with E-state index < -0.39 is 5.41 Å². The minimum atomic E-state index is -0.691. The summed E-state index contributed by atoms with van der Waals surface area (Å²) in [5, 5.41) is 8.96. The molecule has 1 N–H and O–H groups in total. The molecule has 0 bridgehead atoms. The van der Waals surface area contributed by atoms with E-state index in [0.29, 0.717) is 18.8 Å². The number of carbonyl (C=O) groups is 2. The summed E-state index contributed by atoms with van der Waals surface area (Å²) in [7, 11) is 1.39. The first-order chi connectivity index (χ1) is 13.9. The summed E-state index contributed by atoms with van der Waals surface area (Å²) in [6.07, 6.45) is 14.2. The van der Waals surface area contributed by atoms with Crippen molar-refractivity contribution >= 4 is 11.9 Å². The molecule has 0 aromatic rings. The van der Waals surface area contributed by atoms with Crippen LogP contribution < -0.4 is 0 Å². The van der Waals surface area contributed by atoms with Crippen molar-refractivity contribution in [3.05, 3.63) is 0 Å². The summed E-state index contributed by atoms with van der Waals surface area (Å²) in [6, 6.07) is 0. The van der Waals surface area contributed by atoms with E-state index >= 15 is 0 Å². The predicted octanol–water partition coefficient (Wildman–Crippen LogP) is 5.28. The zero-order chi connectivity index (χ0) is 21.7. The maximum atomic E-state index is 12.7. The van der Waals surface area contributed by atoms with Crippen molar-refractivity contribution in [1.29, 1.82) is 0 Å². The molecule has 30 heavy (non-hydrogen) atoms. The largest absolute Gasteiger partial charge is 0.469 e. The average molecular weight is 468 g/mol. The molecular weight excluding hydrogens is 424 g/mol. The molecule has 3 unspecified atom stereocenters. The molecule has 5 nitrogen and oxygen atoms in total. The fourth-order valence-corrected chi connectivity index (χ4v) is 4.98. The van der Waals surface area contributed by atoms with Crippen LogP contribution in [-0.4, -0.2) is 37.4 Å². The summed E-state index contributed by atoms with van der Waals surface area (Å²) < 4.78 is 10.2. The van der Waals surface area contributed by atoms with Gasteiger partial charge in [0.15, 0.2) is 0 Å². The van der Waals surface area contributed by atoms with E-state index in [1.807, 2.05) is 13.8 Å². The second-order valence-electron chi connectivity index (χ2n) is 8.99. The maximum Gasteiger partial charge on any atom is 0.311 e. The number of aliphatic hydroxyl groups is 1. The van der Waals surface area contributed by atoms with E-state index in [2.05, 4.69) is 6.92 Å². The Morgan fingerprint density at radius 1 is 1.03 bits per heavy atom. The molecule has 2 aliphatic carbocycles. The van der Waals surface area contributed by atoms with Gasteiger partial charge in [0.05, 0.1) is 25.0 Å². The molecule has 0 radical (unpaired) electrons. The first-order valence-corrected chi connectivity index (χ1v) is 11.8. The van der Waals surface area contributed by atoms with Crippen LogP contribution in [0.4, 0.5) is 0 Å². The van der Waals surface area contributed by atoms with Crippen LogP contribution in [0, 0.1) is 23.2 Å². The fraction of sp³-hybridized carbons (Fsp3) is 0.917. The number of hydrogen-bond donors (Lipinski definition) is 1. The summed E-state index contributed by atoms with van der Waals surface area (Å²) in [5.41, 5.74) is -0.691. The van der Waals surface area contributed by atoms with Crippen LogP contribution in [0.25, 0.3) is 0 Å². The Morgan fingerprint density at radius 2 is 1.57 bits per heavy atom. The van der Waals surface area contributed by atoms with Crippen LogP contribution >= 0.6 is 0 Å². The van der Waals surface area contributed by atoms with Crippen LogP contribution in [-0.2, 0) is 36.1 Å². The van der Waals surface area contributed by atoms with Gasteiger partial charge in [-0.25, -0.2) is 0 Å². The number of methoxy groups -OCH3 is 1. The predicted molar refractivity (Wildman–Crippen MR) is 115 cm³/mol. The van der Waals surface area contributed by atoms with Gasteiger partial charge >= 0.3 is 11.9 Å². The van der Waals surface area contributed by atoms with Crippen molar-refractivity contribution in [2.75, 3.05) is 20.3 Å². The fourth-order valence-electron chi connectivity index (χ4n) is 4.98. The number of carbonyl (C=O) groups excluding carboxylic acids is 2. The standard InChI is InChI=1S/C19H34O5.C5H10.Fe/c1-5-15(14-9-7-8-10-14)16(17(21)24-12-11-20)13-19(3,6-2)18(22)23-4;1-2-4-5-3-1;/h14-16,20H,5-13H2,1-4H3;1-5H2;. The quantitative estimate of drug-likeness (QED) is 0.349. The normalized spacial score (nSPS) is 20.2. The van der Waals surface area contributed by atoms with Gasteiger partial charge in [-0.3, -0.25) is 9.59 Å². The average Bonchev–Trinajstić information content (AvgIpc) is 3.47. The number of aliphatic hydroxyl groups excluding tert-OH is 1.